The zero-order chi connectivity index (χ0) is 10.8. The van der Waals surface area contributed by atoms with Crippen LogP contribution in [0.5, 0.6) is 11.6 Å². The largest absolute Gasteiger partial charge is 0.484 e. The summed E-state index contributed by atoms with van der Waals surface area (Å²) >= 11 is 0. The zero-order valence-corrected chi connectivity index (χ0v) is 8.27. The average Bonchev–Trinajstić information content (AvgIpc) is 3.01. The molecule has 2 rings (SSSR count). The summed E-state index contributed by atoms with van der Waals surface area (Å²) in [7, 11) is 1.44. The smallest absolute Gasteiger partial charge is 0.339 e. The summed E-state index contributed by atoms with van der Waals surface area (Å²) in [5.74, 6) is -0.580. The van der Waals surface area contributed by atoms with Gasteiger partial charge in [0.15, 0.2) is 5.75 Å². The Morgan fingerprint density at radius 3 is 2.87 bits per heavy atom. The van der Waals surface area contributed by atoms with Gasteiger partial charge in [-0.2, -0.15) is 0 Å². The van der Waals surface area contributed by atoms with Gasteiger partial charge in [-0.1, -0.05) is 0 Å². The molecule has 1 aromatic heterocycles. The molecule has 1 N–H and O–H groups in total. The van der Waals surface area contributed by atoms with Crippen molar-refractivity contribution in [3.05, 3.63) is 17.8 Å². The molecule has 5 heteroatoms. The number of carboxylic acids is 1. The number of rotatable bonds is 4. The standard InChI is InChI=1S/C10H11NO4/c1-14-9-8(15-6-2-3-6)7(10(12)13)4-5-11-9/h4-6H,2-3H2,1H3,(H,12,13). The second kappa shape index (κ2) is 3.76. The van der Waals surface area contributed by atoms with Crippen LogP contribution in [0, 0.1) is 0 Å². The van der Waals surface area contributed by atoms with E-state index in [0.29, 0.717) is 0 Å². The molecule has 1 aliphatic rings. The first kappa shape index (κ1) is 9.76. The summed E-state index contributed by atoms with van der Waals surface area (Å²) in [6, 6.07) is 1.41. The van der Waals surface area contributed by atoms with E-state index in [1.807, 2.05) is 0 Å². The fourth-order valence-corrected chi connectivity index (χ4v) is 1.21. The highest BCUT2D eigenvalue weighted by molar-refractivity contribution is 5.91. The van der Waals surface area contributed by atoms with Crippen LogP contribution in [0.3, 0.4) is 0 Å². The minimum atomic E-state index is -1.04. The van der Waals surface area contributed by atoms with E-state index in [0.717, 1.165) is 12.8 Å². The second-order valence-corrected chi connectivity index (χ2v) is 3.32. The van der Waals surface area contributed by atoms with Crippen LogP contribution in [0.2, 0.25) is 0 Å². The molecule has 0 saturated heterocycles. The number of carboxylic acid groups (broad SMARTS) is 1. The number of carbonyl (C=O) groups is 1. The number of methoxy groups -OCH3 is 1. The molecule has 1 heterocycles. The van der Waals surface area contributed by atoms with Crippen molar-refractivity contribution in [2.75, 3.05) is 7.11 Å². The van der Waals surface area contributed by atoms with Crippen molar-refractivity contribution < 1.29 is 19.4 Å². The van der Waals surface area contributed by atoms with Crippen LogP contribution in [-0.4, -0.2) is 29.3 Å². The van der Waals surface area contributed by atoms with Crippen LogP contribution in [0.4, 0.5) is 0 Å². The van der Waals surface area contributed by atoms with Crippen LogP contribution < -0.4 is 9.47 Å². The molecule has 0 amide bonds. The second-order valence-electron chi connectivity index (χ2n) is 3.32. The van der Waals surface area contributed by atoms with Gasteiger partial charge in [0.25, 0.3) is 5.88 Å². The van der Waals surface area contributed by atoms with E-state index in [1.165, 1.54) is 19.4 Å². The molecule has 1 aromatic rings. The fourth-order valence-electron chi connectivity index (χ4n) is 1.21. The van der Waals surface area contributed by atoms with Gasteiger partial charge < -0.3 is 14.6 Å². The summed E-state index contributed by atoms with van der Waals surface area (Å²) < 4.78 is 10.4. The van der Waals surface area contributed by atoms with E-state index < -0.39 is 5.97 Å². The predicted molar refractivity (Wildman–Crippen MR) is 51.4 cm³/mol. The number of hydrogen-bond acceptors (Lipinski definition) is 4. The maximum atomic E-state index is 10.9. The van der Waals surface area contributed by atoms with Gasteiger partial charge in [-0.05, 0) is 18.9 Å². The van der Waals surface area contributed by atoms with Crippen LogP contribution in [0.15, 0.2) is 12.3 Å². The summed E-state index contributed by atoms with van der Waals surface area (Å²) in [6.45, 7) is 0. The van der Waals surface area contributed by atoms with Crippen LogP contribution in [0.25, 0.3) is 0 Å². The molecule has 1 fully saturated rings. The van der Waals surface area contributed by atoms with Crippen molar-refractivity contribution in [2.24, 2.45) is 0 Å². The van der Waals surface area contributed by atoms with Crippen molar-refractivity contribution >= 4 is 5.97 Å². The van der Waals surface area contributed by atoms with Gasteiger partial charge in [0.2, 0.25) is 0 Å². The Hall–Kier alpha value is -1.78. The SMILES string of the molecule is COc1nccc(C(=O)O)c1OC1CC1. The lowest BCUT2D eigenvalue weighted by Crippen LogP contribution is -2.07. The van der Waals surface area contributed by atoms with E-state index in [9.17, 15) is 4.79 Å². The molecule has 1 saturated carbocycles. The summed E-state index contributed by atoms with van der Waals surface area (Å²) in [5, 5.41) is 8.96. The number of pyridine rings is 1. The fraction of sp³-hybridized carbons (Fsp3) is 0.400. The third-order valence-corrected chi connectivity index (χ3v) is 2.10. The first-order chi connectivity index (χ1) is 7.22. The average molecular weight is 209 g/mol. The van der Waals surface area contributed by atoms with Crippen LogP contribution in [-0.2, 0) is 0 Å². The first-order valence-electron chi connectivity index (χ1n) is 4.65. The summed E-state index contributed by atoms with van der Waals surface area (Å²) in [6.07, 6.45) is 3.41. The van der Waals surface area contributed by atoms with Gasteiger partial charge in [0.05, 0.1) is 13.2 Å². The number of aromatic carboxylic acids is 1. The van der Waals surface area contributed by atoms with Gasteiger partial charge in [0, 0.05) is 6.20 Å². The molecule has 80 valence electrons. The topological polar surface area (TPSA) is 68.7 Å². The van der Waals surface area contributed by atoms with Crippen LogP contribution >= 0.6 is 0 Å². The lowest BCUT2D eigenvalue weighted by atomic mass is 10.2. The highest BCUT2D eigenvalue weighted by atomic mass is 16.5. The molecule has 0 atom stereocenters. The number of aromatic nitrogens is 1. The molecule has 1 aliphatic carbocycles. The lowest BCUT2D eigenvalue weighted by Gasteiger charge is -2.10. The van der Waals surface area contributed by atoms with E-state index in [-0.39, 0.29) is 23.3 Å². The van der Waals surface area contributed by atoms with Crippen molar-refractivity contribution in [3.8, 4) is 11.6 Å². The van der Waals surface area contributed by atoms with Gasteiger partial charge >= 0.3 is 5.97 Å². The Bertz CT molecular complexity index is 387. The first-order valence-corrected chi connectivity index (χ1v) is 4.65. The molecule has 0 unspecified atom stereocenters. The molecular weight excluding hydrogens is 198 g/mol. The molecule has 15 heavy (non-hydrogen) atoms. The molecule has 5 nitrogen and oxygen atoms in total. The van der Waals surface area contributed by atoms with E-state index in [2.05, 4.69) is 4.98 Å². The van der Waals surface area contributed by atoms with Crippen molar-refractivity contribution in [1.82, 2.24) is 4.98 Å². The van der Waals surface area contributed by atoms with E-state index in [4.69, 9.17) is 14.6 Å². The van der Waals surface area contributed by atoms with Gasteiger partial charge in [-0.25, -0.2) is 9.78 Å². The normalized spacial score (nSPS) is 14.7. The third kappa shape index (κ3) is 2.01. The number of ether oxygens (including phenoxy) is 2. The number of nitrogens with zero attached hydrogens (tertiary/aromatic N) is 1. The van der Waals surface area contributed by atoms with Crippen LogP contribution in [0.1, 0.15) is 23.2 Å². The van der Waals surface area contributed by atoms with E-state index in [1.54, 1.807) is 0 Å². The zero-order valence-electron chi connectivity index (χ0n) is 8.27. The van der Waals surface area contributed by atoms with Gasteiger partial charge in [-0.15, -0.1) is 0 Å². The van der Waals surface area contributed by atoms with Gasteiger partial charge in [-0.3, -0.25) is 0 Å². The predicted octanol–water partition coefficient (Wildman–Crippen LogP) is 1.33. The maximum absolute atomic E-state index is 10.9. The Balaban J connectivity index is 2.38. The van der Waals surface area contributed by atoms with Gasteiger partial charge in [0.1, 0.15) is 5.56 Å². The molecule has 0 spiro atoms. The highest BCUT2D eigenvalue weighted by Gasteiger charge is 2.28. The Labute approximate surface area is 86.7 Å². The summed E-state index contributed by atoms with van der Waals surface area (Å²) in [5.41, 5.74) is 0.0914. The quantitative estimate of drug-likeness (QED) is 0.810. The Morgan fingerprint density at radius 1 is 1.60 bits per heavy atom. The molecule has 0 bridgehead atoms. The monoisotopic (exact) mass is 209 g/mol. The van der Waals surface area contributed by atoms with Crippen molar-refractivity contribution in [1.29, 1.82) is 0 Å². The Kier molecular flexibility index (Phi) is 2.45. The molecular formula is C10H11NO4. The lowest BCUT2D eigenvalue weighted by molar-refractivity contribution is 0.0690. The van der Waals surface area contributed by atoms with E-state index >= 15 is 0 Å². The minimum Gasteiger partial charge on any atom is -0.484 e. The van der Waals surface area contributed by atoms with Crippen molar-refractivity contribution in [3.63, 3.8) is 0 Å². The summed E-state index contributed by atoms with van der Waals surface area (Å²) in [4.78, 5) is 14.8. The highest BCUT2D eigenvalue weighted by Crippen LogP contribution is 2.34. The minimum absolute atomic E-state index is 0.0914. The third-order valence-electron chi connectivity index (χ3n) is 2.10. The Morgan fingerprint density at radius 2 is 2.33 bits per heavy atom. The maximum Gasteiger partial charge on any atom is 0.339 e. The molecule has 0 aromatic carbocycles. The van der Waals surface area contributed by atoms with Crippen molar-refractivity contribution in [2.45, 2.75) is 18.9 Å². The molecule has 0 aliphatic heterocycles. The molecule has 0 radical (unpaired) electrons. The number of hydrogen-bond donors (Lipinski definition) is 1.